The molecule has 4 amide bonds. The van der Waals surface area contributed by atoms with Crippen LogP contribution >= 0.6 is 23.1 Å². The number of aliphatic imine (C=N–C) groups is 1. The van der Waals surface area contributed by atoms with Crippen molar-refractivity contribution in [1.82, 2.24) is 16.0 Å². The standard InChI is InChI=1S/C20H21N5O4S2/c26-16(23-12-18(28)25-13-4-2-1-3-5-13)10-22-17(27)11-24-19(29)14-6-7-15(31-14)20-21-8-9-30-20/h1-7H,8-12H2,(H,22,27)(H,23,26)(H,24,29)(H,25,28). The first-order valence-corrected chi connectivity index (χ1v) is 11.3. The van der Waals surface area contributed by atoms with Crippen molar-refractivity contribution in [3.8, 4) is 0 Å². The summed E-state index contributed by atoms with van der Waals surface area (Å²) in [5.74, 6) is -0.821. The van der Waals surface area contributed by atoms with Crippen LogP contribution in [-0.2, 0) is 14.4 Å². The van der Waals surface area contributed by atoms with Gasteiger partial charge in [0.15, 0.2) is 0 Å². The summed E-state index contributed by atoms with van der Waals surface area (Å²) in [7, 11) is 0. The molecule has 0 aliphatic carbocycles. The molecule has 0 bridgehead atoms. The molecule has 2 heterocycles. The lowest BCUT2D eigenvalue weighted by molar-refractivity contribution is -0.126. The van der Waals surface area contributed by atoms with Crippen molar-refractivity contribution in [3.63, 3.8) is 0 Å². The molecule has 0 fully saturated rings. The highest BCUT2D eigenvalue weighted by Gasteiger charge is 2.16. The zero-order valence-corrected chi connectivity index (χ0v) is 18.1. The molecule has 4 N–H and O–H groups in total. The summed E-state index contributed by atoms with van der Waals surface area (Å²) >= 11 is 2.98. The molecule has 3 rings (SSSR count). The number of hydrogen-bond donors (Lipinski definition) is 4. The van der Waals surface area contributed by atoms with Gasteiger partial charge in [-0.1, -0.05) is 18.2 Å². The van der Waals surface area contributed by atoms with Crippen LogP contribution in [0, 0.1) is 0 Å². The van der Waals surface area contributed by atoms with Gasteiger partial charge < -0.3 is 21.3 Å². The number of thioether (sulfide) groups is 1. The van der Waals surface area contributed by atoms with E-state index in [1.165, 1.54) is 11.3 Å². The molecular formula is C20H21N5O4S2. The molecule has 1 aliphatic rings. The molecule has 0 saturated heterocycles. The lowest BCUT2D eigenvalue weighted by atomic mass is 10.3. The number of para-hydroxylation sites is 1. The van der Waals surface area contributed by atoms with Gasteiger partial charge in [-0.15, -0.1) is 23.1 Å². The summed E-state index contributed by atoms with van der Waals surface area (Å²) in [6.45, 7) is 0.00650. The van der Waals surface area contributed by atoms with Gasteiger partial charge in [0.2, 0.25) is 17.7 Å². The highest BCUT2D eigenvalue weighted by Crippen LogP contribution is 2.25. The maximum absolute atomic E-state index is 12.2. The van der Waals surface area contributed by atoms with Crippen molar-refractivity contribution in [3.05, 3.63) is 52.2 Å². The third kappa shape index (κ3) is 7.23. The Hall–Kier alpha value is -3.18. The molecule has 0 spiro atoms. The summed E-state index contributed by atoms with van der Waals surface area (Å²) in [5, 5.41) is 10.9. The smallest absolute Gasteiger partial charge is 0.261 e. The Morgan fingerprint density at radius 3 is 2.19 bits per heavy atom. The van der Waals surface area contributed by atoms with Gasteiger partial charge in [-0.3, -0.25) is 24.2 Å². The maximum Gasteiger partial charge on any atom is 0.261 e. The molecular weight excluding hydrogens is 438 g/mol. The number of benzene rings is 1. The van der Waals surface area contributed by atoms with E-state index < -0.39 is 11.8 Å². The van der Waals surface area contributed by atoms with Crippen molar-refractivity contribution < 1.29 is 19.2 Å². The third-order valence-corrected chi connectivity index (χ3v) is 6.21. The first-order chi connectivity index (χ1) is 15.0. The van der Waals surface area contributed by atoms with Crippen LogP contribution in [0.4, 0.5) is 5.69 Å². The van der Waals surface area contributed by atoms with Crippen molar-refractivity contribution in [2.75, 3.05) is 37.2 Å². The average Bonchev–Trinajstić information content (AvgIpc) is 3.47. The largest absolute Gasteiger partial charge is 0.346 e. The Morgan fingerprint density at radius 2 is 1.52 bits per heavy atom. The number of nitrogens with zero attached hydrogens (tertiary/aromatic N) is 1. The molecule has 162 valence electrons. The second kappa shape index (κ2) is 11.3. The van der Waals surface area contributed by atoms with Gasteiger partial charge in [0.1, 0.15) is 5.04 Å². The minimum atomic E-state index is -0.513. The third-order valence-electron chi connectivity index (χ3n) is 3.99. The van der Waals surface area contributed by atoms with E-state index in [9.17, 15) is 19.2 Å². The molecule has 0 atom stereocenters. The van der Waals surface area contributed by atoms with E-state index in [2.05, 4.69) is 26.3 Å². The fourth-order valence-electron chi connectivity index (χ4n) is 2.52. The Bertz CT molecular complexity index is 990. The van der Waals surface area contributed by atoms with Crippen LogP contribution in [0.5, 0.6) is 0 Å². The highest BCUT2D eigenvalue weighted by atomic mass is 32.2. The fourth-order valence-corrected chi connectivity index (χ4v) is 4.41. The molecule has 0 saturated carbocycles. The topological polar surface area (TPSA) is 129 Å². The van der Waals surface area contributed by atoms with Gasteiger partial charge in [0, 0.05) is 18.0 Å². The van der Waals surface area contributed by atoms with E-state index in [4.69, 9.17) is 0 Å². The van der Waals surface area contributed by atoms with Gasteiger partial charge in [-0.25, -0.2) is 0 Å². The second-order valence-corrected chi connectivity index (χ2v) is 8.52. The molecule has 11 heteroatoms. The van der Waals surface area contributed by atoms with Gasteiger partial charge >= 0.3 is 0 Å². The summed E-state index contributed by atoms with van der Waals surface area (Å²) in [4.78, 5) is 53.4. The van der Waals surface area contributed by atoms with E-state index >= 15 is 0 Å². The van der Waals surface area contributed by atoms with Crippen molar-refractivity contribution in [2.45, 2.75) is 0 Å². The molecule has 9 nitrogen and oxygen atoms in total. The number of thiophene rings is 1. The number of rotatable bonds is 9. The summed E-state index contributed by atoms with van der Waals surface area (Å²) in [5.41, 5.74) is 0.624. The minimum absolute atomic E-state index is 0.218. The van der Waals surface area contributed by atoms with Gasteiger partial charge in [0.25, 0.3) is 5.91 Å². The van der Waals surface area contributed by atoms with Crippen LogP contribution in [0.15, 0.2) is 47.5 Å². The number of carbonyl (C=O) groups is 4. The zero-order valence-electron chi connectivity index (χ0n) is 16.5. The zero-order chi connectivity index (χ0) is 22.1. The van der Waals surface area contributed by atoms with Crippen LogP contribution in [-0.4, -0.2) is 60.6 Å². The van der Waals surface area contributed by atoms with Crippen molar-refractivity contribution in [2.24, 2.45) is 4.99 Å². The Kier molecular flexibility index (Phi) is 8.19. The predicted molar refractivity (Wildman–Crippen MR) is 122 cm³/mol. The van der Waals surface area contributed by atoms with E-state index in [-0.39, 0.29) is 31.4 Å². The lowest BCUT2D eigenvalue weighted by Gasteiger charge is -2.08. The van der Waals surface area contributed by atoms with E-state index in [1.807, 2.05) is 12.1 Å². The molecule has 0 unspecified atom stereocenters. The van der Waals surface area contributed by atoms with Crippen LogP contribution < -0.4 is 21.3 Å². The van der Waals surface area contributed by atoms with Crippen molar-refractivity contribution >= 4 is 57.5 Å². The molecule has 1 aromatic carbocycles. The Labute approximate surface area is 187 Å². The first kappa shape index (κ1) is 22.5. The van der Waals surface area contributed by atoms with E-state index in [1.54, 1.807) is 42.1 Å². The summed E-state index contributed by atoms with van der Waals surface area (Å²) in [6.07, 6.45) is 0. The van der Waals surface area contributed by atoms with Gasteiger partial charge in [-0.05, 0) is 24.3 Å². The molecule has 31 heavy (non-hydrogen) atoms. The fraction of sp³-hybridized carbons (Fsp3) is 0.250. The SMILES string of the molecule is O=C(CNC(=O)CNC(=O)c1ccc(C2=NCCS2)s1)NCC(=O)Nc1ccccc1. The number of amides is 4. The Morgan fingerprint density at radius 1 is 0.839 bits per heavy atom. The van der Waals surface area contributed by atoms with Crippen LogP contribution in [0.25, 0.3) is 0 Å². The number of carbonyl (C=O) groups excluding carboxylic acids is 4. The predicted octanol–water partition coefficient (Wildman–Crippen LogP) is 0.842. The van der Waals surface area contributed by atoms with Crippen LogP contribution in [0.1, 0.15) is 14.5 Å². The highest BCUT2D eigenvalue weighted by molar-refractivity contribution is 8.15. The monoisotopic (exact) mass is 459 g/mol. The minimum Gasteiger partial charge on any atom is -0.346 e. The van der Waals surface area contributed by atoms with E-state index in [0.717, 1.165) is 22.2 Å². The number of anilines is 1. The number of hydrogen-bond acceptors (Lipinski definition) is 7. The normalized spacial score (nSPS) is 12.6. The summed E-state index contributed by atoms with van der Waals surface area (Å²) < 4.78 is 0. The summed E-state index contributed by atoms with van der Waals surface area (Å²) in [6, 6.07) is 12.4. The number of nitrogens with one attached hydrogen (secondary N) is 4. The van der Waals surface area contributed by atoms with Crippen molar-refractivity contribution in [1.29, 1.82) is 0 Å². The molecule has 2 aromatic rings. The Balaban J connectivity index is 1.32. The molecule has 1 aromatic heterocycles. The average molecular weight is 460 g/mol. The van der Waals surface area contributed by atoms with Crippen LogP contribution in [0.2, 0.25) is 0 Å². The maximum atomic E-state index is 12.2. The molecule has 1 aliphatic heterocycles. The first-order valence-electron chi connectivity index (χ1n) is 9.45. The molecule has 0 radical (unpaired) electrons. The van der Waals surface area contributed by atoms with Gasteiger partial charge in [-0.2, -0.15) is 0 Å². The second-order valence-electron chi connectivity index (χ2n) is 6.35. The van der Waals surface area contributed by atoms with Crippen LogP contribution in [0.3, 0.4) is 0 Å². The quantitative estimate of drug-likeness (QED) is 0.442. The van der Waals surface area contributed by atoms with Gasteiger partial charge in [0.05, 0.1) is 29.4 Å². The lowest BCUT2D eigenvalue weighted by Crippen LogP contribution is -2.43. The van der Waals surface area contributed by atoms with E-state index in [0.29, 0.717) is 10.6 Å².